The molecule has 1 nitrogen and oxygen atoms in total. The smallest absolute Gasteiger partial charge is 0.0626 e. The highest BCUT2D eigenvalue weighted by Gasteiger charge is 1.92. The summed E-state index contributed by atoms with van der Waals surface area (Å²) in [4.78, 5) is 0. The van der Waals surface area contributed by atoms with Crippen LogP contribution in [0.25, 0.3) is 0 Å². The number of hydrogen-bond donors (Lipinski definition) is 1. The van der Waals surface area contributed by atoms with Crippen LogP contribution in [-0.2, 0) is 0 Å². The van der Waals surface area contributed by atoms with E-state index in [1.807, 2.05) is 0 Å². The van der Waals surface area contributed by atoms with Gasteiger partial charge in [0.2, 0.25) is 0 Å². The van der Waals surface area contributed by atoms with E-state index in [2.05, 4.69) is 32.9 Å². The van der Waals surface area contributed by atoms with Crippen molar-refractivity contribution in [2.24, 2.45) is 0 Å². The van der Waals surface area contributed by atoms with Crippen molar-refractivity contribution < 1.29 is 5.11 Å². The van der Waals surface area contributed by atoms with Gasteiger partial charge in [-0.1, -0.05) is 34.9 Å². The lowest BCUT2D eigenvalue weighted by Crippen LogP contribution is -1.81. The van der Waals surface area contributed by atoms with Gasteiger partial charge in [0, 0.05) is 5.03 Å². The summed E-state index contributed by atoms with van der Waals surface area (Å²) in [6, 6.07) is 0. The average molecular weight is 243 g/mol. The lowest BCUT2D eigenvalue weighted by atomic mass is 10.1. The van der Waals surface area contributed by atoms with E-state index in [0.717, 1.165) is 30.7 Å². The Kier molecular flexibility index (Phi) is 9.36. The molecular weight excluding hydrogens is 220 g/mol. The number of aliphatic hydroxyl groups excluding tert-OH is 1. The molecule has 0 saturated heterocycles. The molecule has 16 heavy (non-hydrogen) atoms. The van der Waals surface area contributed by atoms with Gasteiger partial charge in [0.05, 0.1) is 6.61 Å². The highest BCUT2D eigenvalue weighted by Crippen LogP contribution is 2.13. The van der Waals surface area contributed by atoms with Gasteiger partial charge in [0.15, 0.2) is 0 Å². The van der Waals surface area contributed by atoms with Gasteiger partial charge in [-0.15, -0.1) is 0 Å². The molecule has 0 aliphatic carbocycles. The second-order valence-corrected chi connectivity index (χ2v) is 4.73. The van der Waals surface area contributed by atoms with Crippen molar-refractivity contribution in [1.29, 1.82) is 0 Å². The van der Waals surface area contributed by atoms with Crippen LogP contribution in [0.4, 0.5) is 0 Å². The van der Waals surface area contributed by atoms with Crippen molar-refractivity contribution in [1.82, 2.24) is 0 Å². The molecular formula is C14H23ClO. The monoisotopic (exact) mass is 242 g/mol. The molecule has 0 radical (unpaired) electrons. The van der Waals surface area contributed by atoms with Crippen LogP contribution in [0, 0.1) is 0 Å². The summed E-state index contributed by atoms with van der Waals surface area (Å²) in [6.45, 7) is 6.43. The molecule has 0 aromatic rings. The fourth-order valence-electron chi connectivity index (χ4n) is 1.35. The SMILES string of the molecule is CC(C)=CCC/C(C)=C/CC/C(Cl)=C\CO. The van der Waals surface area contributed by atoms with E-state index in [9.17, 15) is 0 Å². The van der Waals surface area contributed by atoms with E-state index >= 15 is 0 Å². The summed E-state index contributed by atoms with van der Waals surface area (Å²) in [5.74, 6) is 0. The van der Waals surface area contributed by atoms with Crippen molar-refractivity contribution in [2.75, 3.05) is 6.61 Å². The molecule has 0 aromatic carbocycles. The Labute approximate surface area is 105 Å². The van der Waals surface area contributed by atoms with Crippen molar-refractivity contribution in [2.45, 2.75) is 46.5 Å². The molecule has 0 unspecified atom stereocenters. The van der Waals surface area contributed by atoms with Crippen molar-refractivity contribution in [3.05, 3.63) is 34.4 Å². The lowest BCUT2D eigenvalue weighted by molar-refractivity contribution is 0.342. The predicted octanol–water partition coefficient (Wildman–Crippen LogP) is 4.57. The molecule has 1 N–H and O–H groups in total. The Morgan fingerprint density at radius 2 is 1.62 bits per heavy atom. The molecule has 0 rings (SSSR count). The second kappa shape index (κ2) is 9.68. The molecule has 2 heteroatoms. The van der Waals surface area contributed by atoms with Crippen LogP contribution in [0.15, 0.2) is 34.4 Å². The molecule has 0 bridgehead atoms. The number of rotatable bonds is 7. The fourth-order valence-corrected chi connectivity index (χ4v) is 1.53. The van der Waals surface area contributed by atoms with Crippen LogP contribution in [0.5, 0.6) is 0 Å². The molecule has 0 saturated carbocycles. The largest absolute Gasteiger partial charge is 0.392 e. The Hall–Kier alpha value is -0.530. The van der Waals surface area contributed by atoms with Crippen LogP contribution in [0.2, 0.25) is 0 Å². The predicted molar refractivity (Wildman–Crippen MR) is 72.7 cm³/mol. The summed E-state index contributed by atoms with van der Waals surface area (Å²) in [5.41, 5.74) is 2.78. The van der Waals surface area contributed by atoms with Crippen molar-refractivity contribution in [3.63, 3.8) is 0 Å². The number of allylic oxidation sites excluding steroid dienone is 5. The normalized spacial score (nSPS) is 12.8. The van der Waals surface area contributed by atoms with E-state index in [4.69, 9.17) is 16.7 Å². The van der Waals surface area contributed by atoms with Gasteiger partial charge in [0.25, 0.3) is 0 Å². The van der Waals surface area contributed by atoms with Crippen LogP contribution in [0.3, 0.4) is 0 Å². The first-order valence-corrected chi connectivity index (χ1v) is 6.18. The summed E-state index contributed by atoms with van der Waals surface area (Å²) >= 11 is 5.87. The zero-order valence-corrected chi connectivity index (χ0v) is 11.3. The molecule has 0 atom stereocenters. The highest BCUT2D eigenvalue weighted by atomic mass is 35.5. The summed E-state index contributed by atoms with van der Waals surface area (Å²) < 4.78 is 0. The van der Waals surface area contributed by atoms with Gasteiger partial charge in [-0.25, -0.2) is 0 Å². The number of halogens is 1. The third kappa shape index (κ3) is 10.0. The van der Waals surface area contributed by atoms with Crippen molar-refractivity contribution >= 4 is 11.6 Å². The fraction of sp³-hybridized carbons (Fsp3) is 0.571. The first kappa shape index (κ1) is 15.5. The van der Waals surface area contributed by atoms with Crippen LogP contribution >= 0.6 is 11.6 Å². The molecule has 0 aliphatic rings. The van der Waals surface area contributed by atoms with Gasteiger partial charge in [-0.3, -0.25) is 0 Å². The van der Waals surface area contributed by atoms with E-state index < -0.39 is 0 Å². The van der Waals surface area contributed by atoms with E-state index in [-0.39, 0.29) is 6.61 Å². The topological polar surface area (TPSA) is 20.2 Å². The van der Waals surface area contributed by atoms with Crippen LogP contribution in [-0.4, -0.2) is 11.7 Å². The van der Waals surface area contributed by atoms with Gasteiger partial charge in [-0.05, 0) is 52.5 Å². The second-order valence-electron chi connectivity index (χ2n) is 4.24. The first-order chi connectivity index (χ1) is 7.56. The molecule has 0 amide bonds. The van der Waals surface area contributed by atoms with Gasteiger partial charge >= 0.3 is 0 Å². The molecule has 0 fully saturated rings. The number of hydrogen-bond acceptors (Lipinski definition) is 1. The Balaban J connectivity index is 3.79. The van der Waals surface area contributed by atoms with Crippen molar-refractivity contribution in [3.8, 4) is 0 Å². The van der Waals surface area contributed by atoms with Gasteiger partial charge in [-0.2, -0.15) is 0 Å². The minimum absolute atomic E-state index is 0.0299. The third-order valence-electron chi connectivity index (χ3n) is 2.28. The maximum atomic E-state index is 8.63. The summed E-state index contributed by atoms with van der Waals surface area (Å²) in [5, 5.41) is 9.38. The molecule has 92 valence electrons. The van der Waals surface area contributed by atoms with E-state index in [1.54, 1.807) is 6.08 Å². The Bertz CT molecular complexity index is 270. The first-order valence-electron chi connectivity index (χ1n) is 5.80. The van der Waals surface area contributed by atoms with Gasteiger partial charge < -0.3 is 5.11 Å². The minimum atomic E-state index is 0.0299. The quantitative estimate of drug-likeness (QED) is 0.649. The maximum absolute atomic E-state index is 8.63. The Morgan fingerprint density at radius 3 is 2.19 bits per heavy atom. The standard InChI is InChI=1S/C14H23ClO/c1-12(2)6-4-7-13(3)8-5-9-14(15)10-11-16/h6,8,10,16H,4-5,7,9,11H2,1-3H3/b13-8+,14-10+. The average Bonchev–Trinajstić information content (AvgIpc) is 2.17. The van der Waals surface area contributed by atoms with Crippen LogP contribution < -0.4 is 0 Å². The summed E-state index contributed by atoms with van der Waals surface area (Å²) in [6.07, 6.45) is 10.1. The van der Waals surface area contributed by atoms with Gasteiger partial charge in [0.1, 0.15) is 0 Å². The highest BCUT2D eigenvalue weighted by molar-refractivity contribution is 6.29. The lowest BCUT2D eigenvalue weighted by Gasteiger charge is -1.99. The third-order valence-corrected chi connectivity index (χ3v) is 2.62. The molecule has 0 spiro atoms. The Morgan fingerprint density at radius 1 is 1.00 bits per heavy atom. The molecule has 0 heterocycles. The zero-order chi connectivity index (χ0) is 12.4. The summed E-state index contributed by atoms with van der Waals surface area (Å²) in [7, 11) is 0. The molecule has 0 aliphatic heterocycles. The number of aliphatic hydroxyl groups is 1. The zero-order valence-electron chi connectivity index (χ0n) is 10.6. The van der Waals surface area contributed by atoms with E-state index in [1.165, 1.54) is 11.1 Å². The minimum Gasteiger partial charge on any atom is -0.392 e. The molecule has 0 aromatic heterocycles. The maximum Gasteiger partial charge on any atom is 0.0626 e. The van der Waals surface area contributed by atoms with E-state index in [0.29, 0.717) is 0 Å². The van der Waals surface area contributed by atoms with Crippen LogP contribution in [0.1, 0.15) is 46.5 Å².